The van der Waals surface area contributed by atoms with Gasteiger partial charge >= 0.3 is 0 Å². The van der Waals surface area contributed by atoms with Gasteiger partial charge in [-0.25, -0.2) is 0 Å². The minimum Gasteiger partial charge on any atom is -0.394 e. The highest BCUT2D eigenvalue weighted by Gasteiger charge is 2.77. The molecule has 2 bridgehead atoms. The van der Waals surface area contributed by atoms with E-state index >= 15 is 0 Å². The summed E-state index contributed by atoms with van der Waals surface area (Å²) < 4.78 is -0.710. The Morgan fingerprint density at radius 2 is 1.84 bits per heavy atom. The quantitative estimate of drug-likeness (QED) is 0.411. The zero-order valence-electron chi connectivity index (χ0n) is 23.8. The van der Waals surface area contributed by atoms with Crippen LogP contribution >= 0.6 is 11.8 Å². The van der Waals surface area contributed by atoms with Crippen LogP contribution in [0.25, 0.3) is 0 Å². The van der Waals surface area contributed by atoms with Gasteiger partial charge in [0.25, 0.3) is 0 Å². The molecule has 7 atom stereocenters. The number of amides is 3. The van der Waals surface area contributed by atoms with Crippen molar-refractivity contribution in [1.82, 2.24) is 14.7 Å². The van der Waals surface area contributed by atoms with Crippen LogP contribution in [0.15, 0.2) is 25.3 Å². The number of hydrogen-bond acceptors (Lipinski definition) is 5. The second-order valence-corrected chi connectivity index (χ2v) is 13.8. The minimum absolute atomic E-state index is 0.00723. The van der Waals surface area contributed by atoms with Crippen LogP contribution in [0.3, 0.4) is 0 Å². The highest BCUT2D eigenvalue weighted by Crippen LogP contribution is 2.69. The first-order valence-electron chi connectivity index (χ1n) is 13.8. The largest absolute Gasteiger partial charge is 0.394 e. The lowest BCUT2D eigenvalue weighted by molar-refractivity contribution is -0.149. The first kappa shape index (κ1) is 29.8. The van der Waals surface area contributed by atoms with E-state index in [-0.39, 0.29) is 41.4 Å². The molecule has 0 aromatic heterocycles. The summed E-state index contributed by atoms with van der Waals surface area (Å²) >= 11 is 1.69. The van der Waals surface area contributed by atoms with Crippen molar-refractivity contribution < 1.29 is 19.5 Å². The van der Waals surface area contributed by atoms with E-state index in [1.165, 1.54) is 0 Å². The van der Waals surface area contributed by atoms with E-state index in [1.807, 2.05) is 46.4 Å². The summed E-state index contributed by atoms with van der Waals surface area (Å²) in [6.07, 6.45) is 5.06. The third-order valence-corrected chi connectivity index (χ3v) is 10.6. The predicted octanol–water partition coefficient (Wildman–Crippen LogP) is 3.58. The molecule has 0 aromatic carbocycles. The number of carbonyl (C=O) groups is 3. The van der Waals surface area contributed by atoms with E-state index in [0.29, 0.717) is 19.6 Å². The third kappa shape index (κ3) is 4.77. The Labute approximate surface area is 227 Å². The number of likely N-dealkylation sites (tertiary alicyclic amines) is 1. The summed E-state index contributed by atoms with van der Waals surface area (Å²) in [7, 11) is 0. The van der Waals surface area contributed by atoms with Gasteiger partial charge in [-0.05, 0) is 45.4 Å². The molecule has 3 fully saturated rings. The van der Waals surface area contributed by atoms with Crippen LogP contribution in [-0.4, -0.2) is 91.4 Å². The molecule has 3 saturated heterocycles. The summed E-state index contributed by atoms with van der Waals surface area (Å²) in [4.78, 5) is 48.3. The van der Waals surface area contributed by atoms with Crippen LogP contribution in [0.5, 0.6) is 0 Å². The van der Waals surface area contributed by atoms with Crippen molar-refractivity contribution >= 4 is 29.5 Å². The number of thioether (sulfide) groups is 1. The van der Waals surface area contributed by atoms with Crippen LogP contribution in [-0.2, 0) is 14.4 Å². The maximum absolute atomic E-state index is 14.5. The first-order valence-corrected chi connectivity index (χ1v) is 14.6. The van der Waals surface area contributed by atoms with E-state index in [4.69, 9.17) is 0 Å². The Balaban J connectivity index is 2.19. The highest BCUT2D eigenvalue weighted by molar-refractivity contribution is 8.02. The lowest BCUT2D eigenvalue weighted by Crippen LogP contribution is -2.62. The molecule has 3 rings (SSSR count). The average molecular weight is 534 g/mol. The number of fused-ring (bicyclic) bond motifs is 1. The first-order chi connectivity index (χ1) is 17.3. The van der Waals surface area contributed by atoms with E-state index in [1.54, 1.807) is 33.7 Å². The van der Waals surface area contributed by atoms with Crippen molar-refractivity contribution in [3.8, 4) is 0 Å². The number of hydrogen-bond donors (Lipinski definition) is 1. The molecule has 1 N–H and O–H groups in total. The van der Waals surface area contributed by atoms with Gasteiger partial charge < -0.3 is 19.8 Å². The molecular weight excluding hydrogens is 486 g/mol. The van der Waals surface area contributed by atoms with Gasteiger partial charge in [-0.15, -0.1) is 24.9 Å². The van der Waals surface area contributed by atoms with Crippen LogP contribution in [0.1, 0.15) is 61.3 Å². The zero-order valence-corrected chi connectivity index (χ0v) is 24.6. The number of aliphatic hydroxyl groups excluding tert-OH is 1. The van der Waals surface area contributed by atoms with Crippen molar-refractivity contribution in [3.05, 3.63) is 25.3 Å². The molecular formula is C29H47N3O4S. The maximum atomic E-state index is 14.5. The molecule has 0 radical (unpaired) electrons. The molecule has 3 heterocycles. The van der Waals surface area contributed by atoms with E-state index in [9.17, 15) is 19.5 Å². The Hall–Kier alpha value is -1.80. The van der Waals surface area contributed by atoms with Gasteiger partial charge in [0, 0.05) is 30.4 Å². The Morgan fingerprint density at radius 1 is 1.22 bits per heavy atom. The van der Waals surface area contributed by atoms with Crippen LogP contribution < -0.4 is 0 Å². The van der Waals surface area contributed by atoms with Gasteiger partial charge in [0.1, 0.15) is 6.04 Å². The van der Waals surface area contributed by atoms with E-state index in [2.05, 4.69) is 20.1 Å². The number of carbonyl (C=O) groups excluding carboxylic acids is 3. The zero-order chi connectivity index (χ0) is 27.9. The summed E-state index contributed by atoms with van der Waals surface area (Å²) in [5.41, 5.74) is -0.483. The van der Waals surface area contributed by atoms with Gasteiger partial charge in [0.2, 0.25) is 17.7 Å². The molecule has 208 valence electrons. The van der Waals surface area contributed by atoms with Crippen LogP contribution in [0.2, 0.25) is 0 Å². The number of aliphatic hydroxyl groups is 1. The Morgan fingerprint density at radius 3 is 2.32 bits per heavy atom. The van der Waals surface area contributed by atoms with Crippen LogP contribution in [0.4, 0.5) is 0 Å². The second-order valence-electron chi connectivity index (χ2n) is 12.3. The van der Waals surface area contributed by atoms with E-state index in [0.717, 1.165) is 12.8 Å². The van der Waals surface area contributed by atoms with Crippen molar-refractivity contribution in [2.75, 3.05) is 26.2 Å². The smallest absolute Gasteiger partial charge is 0.247 e. The van der Waals surface area contributed by atoms with Crippen molar-refractivity contribution in [2.45, 2.75) is 88.9 Å². The molecule has 8 heteroatoms. The van der Waals surface area contributed by atoms with Crippen molar-refractivity contribution in [2.24, 2.45) is 23.7 Å². The standard InChI is InChI=1S/C29H47N3O4S/c1-10-13-30(14-11-2)25(34)22-21-16-19(6)29(37-21)23(22)26(35)32(20(17-33)18(4)5)24(29)27(36)31(15-12-3)28(7,8)9/h10,12,18-24,33H,1,3,11,13-17H2,2,4-9H3/t19?,20-,21+,22-,23-,24?,29?/m0/s1. The van der Waals surface area contributed by atoms with Gasteiger partial charge in [0.15, 0.2) is 0 Å². The summed E-state index contributed by atoms with van der Waals surface area (Å²) in [6.45, 7) is 23.0. The Kier molecular flexibility index (Phi) is 8.95. The Bertz CT molecular complexity index is 915. The molecule has 3 aliphatic heterocycles. The van der Waals surface area contributed by atoms with Crippen molar-refractivity contribution in [1.29, 1.82) is 0 Å². The molecule has 3 amide bonds. The summed E-state index contributed by atoms with van der Waals surface area (Å²) in [5.74, 6) is -1.32. The second kappa shape index (κ2) is 11.1. The van der Waals surface area contributed by atoms with Crippen LogP contribution in [0, 0.1) is 23.7 Å². The molecule has 3 aliphatic rings. The molecule has 3 unspecified atom stereocenters. The number of rotatable bonds is 11. The lowest BCUT2D eigenvalue weighted by atomic mass is 9.65. The fourth-order valence-electron chi connectivity index (χ4n) is 6.90. The normalized spacial score (nSPS) is 31.4. The molecule has 37 heavy (non-hydrogen) atoms. The van der Waals surface area contributed by atoms with Gasteiger partial charge in [0.05, 0.1) is 29.2 Å². The third-order valence-electron chi connectivity index (χ3n) is 8.56. The summed E-state index contributed by atoms with van der Waals surface area (Å²) in [5, 5.41) is 10.4. The molecule has 0 saturated carbocycles. The number of nitrogens with zero attached hydrogens (tertiary/aromatic N) is 3. The SMILES string of the molecule is C=CCN(CCC)C(=O)[C@@H]1[C@H]2C(=O)N([C@@H](CO)C(C)C)C(C(=O)N(CC=C)C(C)(C)C)C23S[C@@H]1CC3C. The fraction of sp³-hybridized carbons (Fsp3) is 0.759. The molecule has 0 aromatic rings. The predicted molar refractivity (Wildman–Crippen MR) is 150 cm³/mol. The maximum Gasteiger partial charge on any atom is 0.247 e. The fourth-order valence-corrected chi connectivity index (χ4v) is 9.29. The topological polar surface area (TPSA) is 81.2 Å². The minimum atomic E-state index is -0.745. The van der Waals surface area contributed by atoms with Crippen molar-refractivity contribution in [3.63, 3.8) is 0 Å². The average Bonchev–Trinajstić information content (AvgIpc) is 3.40. The molecule has 0 aliphatic carbocycles. The highest BCUT2D eigenvalue weighted by atomic mass is 32.2. The lowest BCUT2D eigenvalue weighted by Gasteiger charge is -2.45. The monoisotopic (exact) mass is 533 g/mol. The van der Waals surface area contributed by atoms with E-state index < -0.39 is 34.2 Å². The summed E-state index contributed by atoms with van der Waals surface area (Å²) in [6, 6.07) is -1.25. The van der Waals surface area contributed by atoms with Gasteiger partial charge in [-0.3, -0.25) is 14.4 Å². The molecule has 7 nitrogen and oxygen atoms in total. The molecule has 1 spiro atoms. The van der Waals surface area contributed by atoms with Gasteiger partial charge in [-0.2, -0.15) is 0 Å². The van der Waals surface area contributed by atoms with Gasteiger partial charge in [-0.1, -0.05) is 39.8 Å².